The zero-order chi connectivity index (χ0) is 25.1. The summed E-state index contributed by atoms with van der Waals surface area (Å²) >= 11 is 0. The van der Waals surface area contributed by atoms with Gasteiger partial charge in [0, 0.05) is 54.9 Å². The lowest BCUT2D eigenvalue weighted by Gasteiger charge is -2.36. The van der Waals surface area contributed by atoms with Crippen LogP contribution in [0.25, 0.3) is 11.0 Å². The molecule has 1 aliphatic heterocycles. The number of anilines is 1. The minimum absolute atomic E-state index is 0.0365. The summed E-state index contributed by atoms with van der Waals surface area (Å²) < 4.78 is 10.9. The van der Waals surface area contributed by atoms with Crippen molar-refractivity contribution in [3.8, 4) is 0 Å². The lowest BCUT2D eigenvalue weighted by Crippen LogP contribution is -2.49. The lowest BCUT2D eigenvalue weighted by atomic mass is 9.95. The highest BCUT2D eigenvalue weighted by molar-refractivity contribution is 5.88. The molecule has 3 aromatic rings. The predicted octanol–water partition coefficient (Wildman–Crippen LogP) is 4.21. The number of nitro groups is 1. The van der Waals surface area contributed by atoms with Gasteiger partial charge in [0.25, 0.3) is 11.6 Å². The molecule has 0 bridgehead atoms. The van der Waals surface area contributed by atoms with Crippen LogP contribution in [0.15, 0.2) is 47.1 Å². The van der Waals surface area contributed by atoms with Crippen molar-refractivity contribution in [3.63, 3.8) is 0 Å². The van der Waals surface area contributed by atoms with Crippen LogP contribution in [0.2, 0.25) is 0 Å². The highest BCUT2D eigenvalue weighted by atomic mass is 16.6. The van der Waals surface area contributed by atoms with E-state index in [1.807, 2.05) is 13.0 Å². The molecule has 0 unspecified atom stereocenters. The molecule has 0 spiro atoms. The molecule has 2 heterocycles. The summed E-state index contributed by atoms with van der Waals surface area (Å²) in [5, 5.41) is 11.7. The fourth-order valence-electron chi connectivity index (χ4n) is 4.44. The Balaban J connectivity index is 1.28. The molecule has 0 atom stereocenters. The molecular formula is C26H29N3O6. The summed E-state index contributed by atoms with van der Waals surface area (Å²) in [5.74, 6) is -0.360. The topological polar surface area (TPSA) is 106 Å². The normalized spacial score (nSPS) is 13.9. The number of esters is 1. The molecule has 0 radical (unpaired) electrons. The highest BCUT2D eigenvalue weighted by Gasteiger charge is 2.23. The Morgan fingerprint density at radius 2 is 1.80 bits per heavy atom. The Kier molecular flexibility index (Phi) is 7.04. The van der Waals surface area contributed by atoms with Crippen LogP contribution in [0.5, 0.6) is 0 Å². The maximum absolute atomic E-state index is 12.6. The smallest absolute Gasteiger partial charge is 0.310 e. The Morgan fingerprint density at radius 1 is 1.11 bits per heavy atom. The number of furan rings is 1. The molecule has 184 valence electrons. The SMILES string of the molecule is Cc1cc2occ(CC(=O)OCC(=O)N3CCN(c4ccc([N+](=O)[O-])cc4)CC3)c2cc1C(C)C. The molecule has 1 fully saturated rings. The van der Waals surface area contributed by atoms with Gasteiger partial charge in [0.05, 0.1) is 17.6 Å². The summed E-state index contributed by atoms with van der Waals surface area (Å²) in [6.45, 7) is 8.14. The van der Waals surface area contributed by atoms with Crippen molar-refractivity contribution < 1.29 is 23.7 Å². The van der Waals surface area contributed by atoms with E-state index in [1.54, 1.807) is 23.3 Å². The maximum atomic E-state index is 12.6. The van der Waals surface area contributed by atoms with Gasteiger partial charge in [-0.3, -0.25) is 19.7 Å². The maximum Gasteiger partial charge on any atom is 0.310 e. The minimum Gasteiger partial charge on any atom is -0.464 e. The van der Waals surface area contributed by atoms with E-state index in [0.29, 0.717) is 32.1 Å². The third-order valence-corrected chi connectivity index (χ3v) is 6.41. The lowest BCUT2D eigenvalue weighted by molar-refractivity contribution is -0.384. The first-order valence-electron chi connectivity index (χ1n) is 11.7. The van der Waals surface area contributed by atoms with Gasteiger partial charge in [-0.2, -0.15) is 0 Å². The van der Waals surface area contributed by atoms with E-state index in [9.17, 15) is 19.7 Å². The number of piperazine rings is 1. The molecule has 9 nitrogen and oxygen atoms in total. The zero-order valence-electron chi connectivity index (χ0n) is 20.2. The van der Waals surface area contributed by atoms with Gasteiger partial charge in [0.15, 0.2) is 6.61 Å². The van der Waals surface area contributed by atoms with Crippen molar-refractivity contribution in [1.29, 1.82) is 0 Å². The standard InChI is InChI=1S/C26H29N3O6/c1-17(2)22-14-23-19(15-34-24(23)12-18(22)3)13-26(31)35-16-25(30)28-10-8-27(9-11-28)20-4-6-21(7-5-20)29(32)33/h4-7,12,14-15,17H,8-11,13,16H2,1-3H3. The van der Waals surface area contributed by atoms with Crippen LogP contribution in [-0.2, 0) is 20.7 Å². The van der Waals surface area contributed by atoms with Gasteiger partial charge >= 0.3 is 5.97 Å². The molecule has 1 aliphatic rings. The highest BCUT2D eigenvalue weighted by Crippen LogP contribution is 2.29. The van der Waals surface area contributed by atoms with E-state index < -0.39 is 10.9 Å². The van der Waals surface area contributed by atoms with Gasteiger partial charge < -0.3 is 19.0 Å². The molecule has 1 amide bonds. The number of amides is 1. The Morgan fingerprint density at radius 3 is 2.43 bits per heavy atom. The summed E-state index contributed by atoms with van der Waals surface area (Å²) in [5.41, 5.74) is 4.75. The summed E-state index contributed by atoms with van der Waals surface area (Å²) in [4.78, 5) is 39.1. The number of hydrogen-bond acceptors (Lipinski definition) is 7. The van der Waals surface area contributed by atoms with Crippen molar-refractivity contribution in [2.24, 2.45) is 0 Å². The third-order valence-electron chi connectivity index (χ3n) is 6.41. The first kappa shape index (κ1) is 24.3. The first-order valence-corrected chi connectivity index (χ1v) is 11.7. The van der Waals surface area contributed by atoms with E-state index in [4.69, 9.17) is 9.15 Å². The van der Waals surface area contributed by atoms with Crippen LogP contribution < -0.4 is 4.90 Å². The van der Waals surface area contributed by atoms with Crippen molar-refractivity contribution in [2.75, 3.05) is 37.7 Å². The largest absolute Gasteiger partial charge is 0.464 e. The van der Waals surface area contributed by atoms with Gasteiger partial charge in [0.2, 0.25) is 0 Å². The second-order valence-corrected chi connectivity index (χ2v) is 9.10. The van der Waals surface area contributed by atoms with Crippen molar-refractivity contribution >= 4 is 34.2 Å². The molecule has 9 heteroatoms. The van der Waals surface area contributed by atoms with Gasteiger partial charge in [-0.25, -0.2) is 0 Å². The Bertz CT molecular complexity index is 1240. The summed E-state index contributed by atoms with van der Waals surface area (Å²) in [6.07, 6.45) is 1.61. The molecule has 0 aliphatic carbocycles. The number of aryl methyl sites for hydroxylation is 1. The molecule has 35 heavy (non-hydrogen) atoms. The van der Waals surface area contributed by atoms with Gasteiger partial charge in [-0.15, -0.1) is 0 Å². The number of hydrogen-bond donors (Lipinski definition) is 0. The Hall–Kier alpha value is -3.88. The average Bonchev–Trinajstić information content (AvgIpc) is 3.23. The van der Waals surface area contributed by atoms with Crippen LogP contribution in [-0.4, -0.2) is 54.5 Å². The van der Waals surface area contributed by atoms with E-state index in [2.05, 4.69) is 24.8 Å². The van der Waals surface area contributed by atoms with Crippen molar-refractivity contribution in [2.45, 2.75) is 33.1 Å². The monoisotopic (exact) mass is 479 g/mol. The van der Waals surface area contributed by atoms with E-state index in [1.165, 1.54) is 17.7 Å². The summed E-state index contributed by atoms with van der Waals surface area (Å²) in [7, 11) is 0. The number of rotatable bonds is 7. The van der Waals surface area contributed by atoms with Crippen LogP contribution in [0.4, 0.5) is 11.4 Å². The van der Waals surface area contributed by atoms with E-state index >= 15 is 0 Å². The zero-order valence-corrected chi connectivity index (χ0v) is 20.2. The van der Waals surface area contributed by atoms with Crippen LogP contribution in [0, 0.1) is 17.0 Å². The number of nitro benzene ring substituents is 1. The molecule has 0 N–H and O–H groups in total. The van der Waals surface area contributed by atoms with Crippen LogP contribution in [0.3, 0.4) is 0 Å². The number of nitrogens with zero attached hydrogens (tertiary/aromatic N) is 3. The third kappa shape index (κ3) is 5.45. The van der Waals surface area contributed by atoms with E-state index in [-0.39, 0.29) is 24.6 Å². The van der Waals surface area contributed by atoms with Crippen LogP contribution in [0.1, 0.15) is 36.5 Å². The van der Waals surface area contributed by atoms with Crippen molar-refractivity contribution in [3.05, 3.63) is 69.5 Å². The number of carbonyl (C=O) groups is 2. The number of benzene rings is 2. The molecule has 4 rings (SSSR count). The number of non-ortho nitro benzene ring substituents is 1. The fraction of sp³-hybridized carbons (Fsp3) is 0.385. The summed E-state index contributed by atoms with van der Waals surface area (Å²) in [6, 6.07) is 10.4. The predicted molar refractivity (Wildman–Crippen MR) is 132 cm³/mol. The van der Waals surface area contributed by atoms with Gasteiger partial charge in [0.1, 0.15) is 5.58 Å². The van der Waals surface area contributed by atoms with Crippen LogP contribution >= 0.6 is 0 Å². The average molecular weight is 480 g/mol. The molecule has 1 aromatic heterocycles. The molecule has 1 saturated heterocycles. The van der Waals surface area contributed by atoms with Gasteiger partial charge in [-0.1, -0.05) is 13.8 Å². The van der Waals surface area contributed by atoms with Crippen molar-refractivity contribution in [1.82, 2.24) is 4.90 Å². The number of ether oxygens (including phenoxy) is 1. The number of carbonyl (C=O) groups excluding carboxylic acids is 2. The quantitative estimate of drug-likeness (QED) is 0.284. The molecule has 0 saturated carbocycles. The Labute approximate surface area is 203 Å². The second-order valence-electron chi connectivity index (χ2n) is 9.10. The van der Waals surface area contributed by atoms with Gasteiger partial charge in [-0.05, 0) is 48.2 Å². The first-order chi connectivity index (χ1) is 16.7. The molecular weight excluding hydrogens is 450 g/mol. The fourth-order valence-corrected chi connectivity index (χ4v) is 4.44. The minimum atomic E-state index is -0.475. The van der Waals surface area contributed by atoms with E-state index in [0.717, 1.165) is 27.8 Å². The second kappa shape index (κ2) is 10.2. The number of fused-ring (bicyclic) bond motifs is 1. The molecule has 2 aromatic carbocycles.